The Balaban J connectivity index is 1.58. The fourth-order valence-electron chi connectivity index (χ4n) is 4.09. The summed E-state index contributed by atoms with van der Waals surface area (Å²) < 4.78 is 6.08. The van der Waals surface area contributed by atoms with Gasteiger partial charge in [-0.3, -0.25) is 10.2 Å². The van der Waals surface area contributed by atoms with Gasteiger partial charge in [0.25, 0.3) is 5.91 Å². The van der Waals surface area contributed by atoms with E-state index in [4.69, 9.17) is 67.4 Å². The number of thioether (sulfide) groups is 1. The molecule has 1 saturated heterocycles. The summed E-state index contributed by atoms with van der Waals surface area (Å²) in [6.45, 7) is 4.58. The number of benzene rings is 3. The van der Waals surface area contributed by atoms with E-state index in [9.17, 15) is 4.79 Å². The van der Waals surface area contributed by atoms with E-state index in [2.05, 4.69) is 95.0 Å². The van der Waals surface area contributed by atoms with E-state index in [-0.39, 0.29) is 27.5 Å². The lowest BCUT2D eigenvalue weighted by Gasteiger charge is -2.19. The van der Waals surface area contributed by atoms with Gasteiger partial charge in [-0.1, -0.05) is 65.8 Å². The van der Waals surface area contributed by atoms with Gasteiger partial charge in [0.1, 0.15) is 22.5 Å². The second-order valence-corrected chi connectivity index (χ2v) is 12.9. The van der Waals surface area contributed by atoms with E-state index in [1.165, 1.54) is 28.9 Å². The number of nitrogens with zero attached hydrogens (tertiary/aromatic N) is 2. The summed E-state index contributed by atoms with van der Waals surface area (Å²) in [4.78, 5) is 24.9. The van der Waals surface area contributed by atoms with Crippen LogP contribution < -0.4 is 20.7 Å². The number of halogens is 4. The largest absolute Gasteiger partial charge is 0.492 e. The van der Waals surface area contributed by atoms with Crippen molar-refractivity contribution >= 4 is 87.0 Å². The van der Waals surface area contributed by atoms with Gasteiger partial charge in [0.05, 0.1) is 37.9 Å². The van der Waals surface area contributed by atoms with Crippen LogP contribution in [0.25, 0.3) is 0 Å². The Morgan fingerprint density at radius 2 is 1.54 bits per heavy atom. The summed E-state index contributed by atoms with van der Waals surface area (Å²) in [6.07, 6.45) is 9.25. The van der Waals surface area contributed by atoms with Crippen LogP contribution in [0.3, 0.4) is 0 Å². The molecule has 3 aromatic rings. The Hall–Kier alpha value is -5.57. The molecule has 0 bridgehead atoms. The van der Waals surface area contributed by atoms with Gasteiger partial charge in [0.2, 0.25) is 0 Å². The maximum atomic E-state index is 14.1. The van der Waals surface area contributed by atoms with Crippen LogP contribution in [-0.4, -0.2) is 23.6 Å². The minimum atomic E-state index is -0.873. The quantitative estimate of drug-likeness (QED) is 0.122. The van der Waals surface area contributed by atoms with Crippen molar-refractivity contribution in [3.63, 3.8) is 0 Å². The number of carbonyl (C=O) groups excluding carboxylic acids is 1. The van der Waals surface area contributed by atoms with E-state index in [1.54, 1.807) is 18.2 Å². The van der Waals surface area contributed by atoms with Gasteiger partial charge >= 0.3 is 0 Å². The van der Waals surface area contributed by atoms with Crippen LogP contribution in [-0.2, 0) is 9.63 Å². The molecule has 1 aliphatic rings. The standard InChI is InChI=1S/C40H24Cl4N4O3S/c1-4-6-8-9-10-11-12-13-14-15-16-17-23-51-47-30-19-20-31(42)34(27-30)45-39-38(52-36-24-28(3)18-21-35(36)50-22-7-5-2)40(49)48(46-39)37-32(43)25-29(41)26-33(37)44/h1,18-21,24-27,38,47H,5,7,22H2,2-3H3,(H,45,46). The highest BCUT2D eigenvalue weighted by Gasteiger charge is 2.41. The summed E-state index contributed by atoms with van der Waals surface area (Å²) in [5, 5.41) is 1.35. The number of rotatable bonds is 10. The third kappa shape index (κ3) is 11.5. The molecule has 1 unspecified atom stereocenters. The van der Waals surface area contributed by atoms with Crippen molar-refractivity contribution in [2.24, 2.45) is 4.99 Å². The van der Waals surface area contributed by atoms with Gasteiger partial charge in [0, 0.05) is 40.5 Å². The van der Waals surface area contributed by atoms with E-state index in [0.717, 1.165) is 23.3 Å². The number of hydrazine groups is 1. The van der Waals surface area contributed by atoms with Crippen LogP contribution >= 0.6 is 58.2 Å². The van der Waals surface area contributed by atoms with Crippen molar-refractivity contribution in [2.45, 2.75) is 36.8 Å². The average Bonchev–Trinajstić information content (AvgIpc) is 3.40. The smallest absolute Gasteiger partial charge is 0.267 e. The monoisotopic (exact) mass is 780 g/mol. The minimum Gasteiger partial charge on any atom is -0.492 e. The zero-order chi connectivity index (χ0) is 37.3. The molecule has 1 fully saturated rings. The molecule has 1 amide bonds. The number of anilines is 2. The number of carbonyl (C=O) groups is 1. The third-order valence-corrected chi connectivity index (χ3v) is 8.73. The zero-order valence-corrected chi connectivity index (χ0v) is 31.3. The molecule has 1 atom stereocenters. The van der Waals surface area contributed by atoms with Crippen LogP contribution in [0.2, 0.25) is 20.1 Å². The molecule has 0 spiro atoms. The normalized spacial score (nSPS) is 12.9. The van der Waals surface area contributed by atoms with Gasteiger partial charge < -0.3 is 9.57 Å². The van der Waals surface area contributed by atoms with Crippen molar-refractivity contribution in [1.29, 1.82) is 0 Å². The minimum absolute atomic E-state index is 0.170. The molecule has 0 aromatic heterocycles. The zero-order valence-electron chi connectivity index (χ0n) is 27.4. The van der Waals surface area contributed by atoms with E-state index in [0.29, 0.717) is 33.8 Å². The molecule has 2 N–H and O–H groups in total. The number of nitrogens with one attached hydrogen (secondary N) is 2. The number of ether oxygens (including phenoxy) is 1. The maximum absolute atomic E-state index is 14.1. The molecule has 1 aliphatic heterocycles. The molecule has 7 nitrogen and oxygen atoms in total. The van der Waals surface area contributed by atoms with Crippen LogP contribution in [0.15, 0.2) is 58.4 Å². The number of aryl methyl sites for hydroxylation is 1. The van der Waals surface area contributed by atoms with Crippen molar-refractivity contribution in [3.05, 3.63) is 74.2 Å². The Bertz CT molecular complexity index is 2310. The van der Waals surface area contributed by atoms with E-state index < -0.39 is 5.25 Å². The number of hydrogen-bond acceptors (Lipinski definition) is 6. The Morgan fingerprint density at radius 3 is 2.19 bits per heavy atom. The fourth-order valence-corrected chi connectivity index (χ4v) is 6.41. The molecule has 0 aliphatic carbocycles. The second-order valence-electron chi connectivity index (χ2n) is 10.1. The second kappa shape index (κ2) is 20.3. The summed E-state index contributed by atoms with van der Waals surface area (Å²) >= 11 is 27.1. The maximum Gasteiger partial charge on any atom is 0.267 e. The van der Waals surface area contributed by atoms with Crippen LogP contribution in [0.4, 0.5) is 17.1 Å². The number of unbranched alkanes of at least 4 members (excludes halogenated alkanes) is 1. The molecule has 0 radical (unpaired) electrons. The van der Waals surface area contributed by atoms with E-state index >= 15 is 0 Å². The van der Waals surface area contributed by atoms with Crippen molar-refractivity contribution in [2.75, 3.05) is 17.1 Å². The highest BCUT2D eigenvalue weighted by atomic mass is 35.5. The lowest BCUT2D eigenvalue weighted by molar-refractivity contribution is -0.116. The van der Waals surface area contributed by atoms with E-state index in [1.807, 2.05) is 25.1 Å². The lowest BCUT2D eigenvalue weighted by Crippen LogP contribution is -2.36. The molecule has 12 heteroatoms. The molecular formula is C40H24Cl4N4O3S. The molecule has 1 heterocycles. The lowest BCUT2D eigenvalue weighted by atomic mass is 10.2. The number of terminal acetylenes is 1. The number of amides is 1. The summed E-state index contributed by atoms with van der Waals surface area (Å²) in [6, 6.07) is 13.7. The predicted molar refractivity (Wildman–Crippen MR) is 212 cm³/mol. The number of hydrogen-bond donors (Lipinski definition) is 2. The van der Waals surface area contributed by atoms with Gasteiger partial charge in [0.15, 0.2) is 6.11 Å². The molecule has 4 rings (SSSR count). The molecule has 256 valence electrons. The van der Waals surface area contributed by atoms with Gasteiger partial charge in [-0.15, -0.1) is 18.2 Å². The molecular weight excluding hydrogens is 758 g/mol. The van der Waals surface area contributed by atoms with Gasteiger partial charge in [-0.05, 0) is 96.9 Å². The first-order valence-corrected chi connectivity index (χ1v) is 17.5. The predicted octanol–water partition coefficient (Wildman–Crippen LogP) is 8.48. The van der Waals surface area contributed by atoms with Gasteiger partial charge in [-0.2, -0.15) is 0 Å². The molecule has 0 saturated carbocycles. The summed E-state index contributed by atoms with van der Waals surface area (Å²) in [5.74, 6) is 29.9. The number of amidine groups is 1. The van der Waals surface area contributed by atoms with Crippen molar-refractivity contribution in [3.8, 4) is 89.3 Å². The van der Waals surface area contributed by atoms with Crippen molar-refractivity contribution in [1.82, 2.24) is 5.43 Å². The third-order valence-electron chi connectivity index (χ3n) is 6.38. The Morgan fingerprint density at radius 1 is 0.885 bits per heavy atom. The van der Waals surface area contributed by atoms with Crippen molar-refractivity contribution < 1.29 is 14.4 Å². The van der Waals surface area contributed by atoms with Crippen LogP contribution in [0.5, 0.6) is 5.75 Å². The van der Waals surface area contributed by atoms with Gasteiger partial charge in [-0.25, -0.2) is 15.5 Å². The SMILES string of the molecule is C#CC#CC#CC#CC#CC#CC#CONc1ccc(Cl)c(N=C2NN(c3c(Cl)cc(Cl)cc3Cl)C(=O)C2Sc2cc(C)ccc2OCCCC)c1. The first-order valence-electron chi connectivity index (χ1n) is 15.1. The Kier molecular flexibility index (Phi) is 15.3. The molecule has 3 aromatic carbocycles. The molecule has 52 heavy (non-hydrogen) atoms. The topological polar surface area (TPSA) is 75.2 Å². The first kappa shape index (κ1) is 39.2. The van der Waals surface area contributed by atoms with Crippen LogP contribution in [0.1, 0.15) is 25.3 Å². The highest BCUT2D eigenvalue weighted by molar-refractivity contribution is 8.01. The first-order chi connectivity index (χ1) is 25.2. The summed E-state index contributed by atoms with van der Waals surface area (Å²) in [7, 11) is 0. The average molecular weight is 783 g/mol. The highest BCUT2D eigenvalue weighted by Crippen LogP contribution is 2.42. The van der Waals surface area contributed by atoms with Crippen LogP contribution in [0, 0.1) is 90.5 Å². The fraction of sp³-hybridized carbons (Fsp3) is 0.150. The number of aliphatic imine (C=N–C) groups is 1. The summed E-state index contributed by atoms with van der Waals surface area (Å²) in [5.41, 5.74) is 7.79. The Labute approximate surface area is 327 Å².